The zero-order valence-corrected chi connectivity index (χ0v) is 20.7. The summed E-state index contributed by atoms with van der Waals surface area (Å²) in [6.45, 7) is 5.77. The Kier molecular flexibility index (Phi) is 8.69. The third-order valence-electron chi connectivity index (χ3n) is 5.85. The Morgan fingerprint density at radius 2 is 2.03 bits per heavy atom. The summed E-state index contributed by atoms with van der Waals surface area (Å²) >= 11 is 0. The Morgan fingerprint density at radius 3 is 2.83 bits per heavy atom. The number of pyridine rings is 1. The molecule has 0 bridgehead atoms. The van der Waals surface area contributed by atoms with Gasteiger partial charge in [-0.05, 0) is 50.1 Å². The minimum absolute atomic E-state index is 0.0381. The van der Waals surface area contributed by atoms with E-state index in [1.807, 2.05) is 45.2 Å². The van der Waals surface area contributed by atoms with Gasteiger partial charge in [-0.15, -0.1) is 0 Å². The number of nitrogens with one attached hydrogen (secondary N) is 2. The lowest BCUT2D eigenvalue weighted by molar-refractivity contribution is 0.102. The Labute approximate surface area is 212 Å². The van der Waals surface area contributed by atoms with Crippen molar-refractivity contribution in [3.8, 4) is 17.0 Å². The highest BCUT2D eigenvalue weighted by molar-refractivity contribution is 6.07. The zero-order chi connectivity index (χ0) is 25.3. The molecule has 10 nitrogen and oxygen atoms in total. The summed E-state index contributed by atoms with van der Waals surface area (Å²) in [6, 6.07) is 9.39. The average Bonchev–Trinajstić information content (AvgIpc) is 2.85. The summed E-state index contributed by atoms with van der Waals surface area (Å²) in [7, 11) is 1.89. The lowest BCUT2D eigenvalue weighted by atomic mass is 10.1. The Hall–Kier alpha value is -3.70. The zero-order valence-electron chi connectivity index (χ0n) is 20.7. The summed E-state index contributed by atoms with van der Waals surface area (Å²) in [6.07, 6.45) is 6.96. The predicted octanol–water partition coefficient (Wildman–Crippen LogP) is 1.89. The molecule has 1 aliphatic rings. The number of carbonyl (C=O) groups excluding carboxylic acids is 1. The van der Waals surface area contributed by atoms with Crippen LogP contribution < -0.4 is 25.9 Å². The number of nitrogens with zero attached hydrogens (tertiary/aromatic N) is 4. The van der Waals surface area contributed by atoms with Crippen molar-refractivity contribution < 1.29 is 14.3 Å². The normalized spacial score (nSPS) is 15.0. The third-order valence-corrected chi connectivity index (χ3v) is 5.85. The average molecular weight is 489 g/mol. The second kappa shape index (κ2) is 12.3. The second-order valence-corrected chi connectivity index (χ2v) is 8.65. The monoisotopic (exact) mass is 489 g/mol. The molecule has 1 aliphatic heterocycles. The van der Waals surface area contributed by atoms with Crippen LogP contribution in [0, 0.1) is 0 Å². The molecule has 0 aliphatic carbocycles. The van der Waals surface area contributed by atoms with Crippen LogP contribution in [-0.4, -0.2) is 67.8 Å². The first-order valence-corrected chi connectivity index (χ1v) is 12.2. The first-order valence-electron chi connectivity index (χ1n) is 12.2. The van der Waals surface area contributed by atoms with Gasteiger partial charge in [0, 0.05) is 38.0 Å². The molecule has 1 aromatic carbocycles. The van der Waals surface area contributed by atoms with Crippen LogP contribution in [0.15, 0.2) is 48.9 Å². The van der Waals surface area contributed by atoms with Crippen molar-refractivity contribution in [2.24, 2.45) is 0 Å². The van der Waals surface area contributed by atoms with Crippen LogP contribution in [0.5, 0.6) is 5.75 Å². The van der Waals surface area contributed by atoms with E-state index in [2.05, 4.69) is 30.4 Å². The van der Waals surface area contributed by atoms with E-state index in [1.54, 1.807) is 18.6 Å². The smallest absolute Gasteiger partial charge is 0.278 e. The summed E-state index contributed by atoms with van der Waals surface area (Å²) in [5.41, 5.74) is 8.91. The van der Waals surface area contributed by atoms with Crippen molar-refractivity contribution in [2.75, 3.05) is 48.8 Å². The van der Waals surface area contributed by atoms with E-state index in [-0.39, 0.29) is 17.6 Å². The molecule has 0 spiro atoms. The fourth-order valence-electron chi connectivity index (χ4n) is 4.05. The van der Waals surface area contributed by atoms with E-state index in [9.17, 15) is 4.79 Å². The molecule has 1 saturated heterocycles. The predicted molar refractivity (Wildman–Crippen MR) is 143 cm³/mol. The number of anilines is 3. The molecule has 2 aromatic heterocycles. The van der Waals surface area contributed by atoms with Crippen molar-refractivity contribution in [3.63, 3.8) is 0 Å². The summed E-state index contributed by atoms with van der Waals surface area (Å²) in [5.74, 6) is 0.365. The van der Waals surface area contributed by atoms with Gasteiger partial charge in [-0.2, -0.15) is 0 Å². The van der Waals surface area contributed by atoms with Gasteiger partial charge in [0.15, 0.2) is 19.5 Å². The van der Waals surface area contributed by atoms with Crippen LogP contribution in [0.3, 0.4) is 0 Å². The third kappa shape index (κ3) is 6.49. The number of ether oxygens (including phenoxy) is 2. The highest BCUT2D eigenvalue weighted by Crippen LogP contribution is 2.27. The Morgan fingerprint density at radius 1 is 1.19 bits per heavy atom. The highest BCUT2D eigenvalue weighted by Gasteiger charge is 2.19. The summed E-state index contributed by atoms with van der Waals surface area (Å²) < 4.78 is 11.5. The van der Waals surface area contributed by atoms with Crippen molar-refractivity contribution >= 4 is 31.1 Å². The molecule has 4 N–H and O–H groups in total. The molecule has 1 unspecified atom stereocenters. The Balaban J connectivity index is 1.51. The van der Waals surface area contributed by atoms with Crippen molar-refractivity contribution in [2.45, 2.75) is 25.9 Å². The van der Waals surface area contributed by atoms with Gasteiger partial charge in [0.1, 0.15) is 11.9 Å². The molecular formula is C25H32BN7O3. The van der Waals surface area contributed by atoms with Crippen LogP contribution in [0.2, 0.25) is 0 Å². The highest BCUT2D eigenvalue weighted by atomic mass is 16.5. The first-order chi connectivity index (χ1) is 17.5. The topological polar surface area (TPSA) is 128 Å². The number of amides is 1. The fraction of sp³-hybridized carbons (Fsp3) is 0.360. The van der Waals surface area contributed by atoms with Crippen LogP contribution in [0.1, 0.15) is 30.3 Å². The van der Waals surface area contributed by atoms with Crippen molar-refractivity contribution in [3.05, 3.63) is 54.6 Å². The molecule has 3 aromatic rings. The maximum Gasteiger partial charge on any atom is 0.278 e. The number of benzene rings is 1. The van der Waals surface area contributed by atoms with Gasteiger partial charge in [0.2, 0.25) is 0 Å². The fourth-order valence-corrected chi connectivity index (χ4v) is 4.05. The first kappa shape index (κ1) is 25.4. The quantitative estimate of drug-likeness (QED) is 0.407. The van der Waals surface area contributed by atoms with Gasteiger partial charge in [-0.25, -0.2) is 9.97 Å². The number of hydrogen-bond donors (Lipinski definition) is 3. The van der Waals surface area contributed by atoms with Gasteiger partial charge in [0.05, 0.1) is 36.1 Å². The summed E-state index contributed by atoms with van der Waals surface area (Å²) in [5, 5.41) is 6.02. The number of nitrogen functional groups attached to an aromatic ring is 1. The SMILES string of the molecule is BNCC(C)Oc1ccc(-c2cnc(N)c(C(=O)Nc3cnccc3N3CCCCOCC3)n2)cc1. The van der Waals surface area contributed by atoms with E-state index in [1.165, 1.54) is 0 Å². The van der Waals surface area contributed by atoms with Gasteiger partial charge in [-0.1, -0.05) is 0 Å². The Bertz CT molecular complexity index is 1150. The second-order valence-electron chi connectivity index (χ2n) is 8.65. The standard InChI is InChI=1S/C25H32BN7O3/c1-17(14-30-26)36-19-6-4-18(5-7-19)20-16-29-24(27)23(31-20)25(34)32-21-15-28-9-8-22(21)33-10-2-3-12-35-13-11-33/h4-9,15-17,30H,2-3,10-14,26H2,1H3,(H2,27,29)(H,32,34). The van der Waals surface area contributed by atoms with Gasteiger partial charge in [0.25, 0.3) is 5.91 Å². The molecule has 188 valence electrons. The summed E-state index contributed by atoms with van der Waals surface area (Å²) in [4.78, 5) is 28.4. The van der Waals surface area contributed by atoms with E-state index in [0.29, 0.717) is 18.0 Å². The number of aromatic nitrogens is 3. The van der Waals surface area contributed by atoms with E-state index < -0.39 is 5.91 Å². The van der Waals surface area contributed by atoms with E-state index in [4.69, 9.17) is 15.2 Å². The van der Waals surface area contributed by atoms with Crippen LogP contribution >= 0.6 is 0 Å². The molecule has 1 atom stereocenters. The van der Waals surface area contributed by atoms with Gasteiger partial charge >= 0.3 is 0 Å². The largest absolute Gasteiger partial charge is 0.489 e. The molecule has 36 heavy (non-hydrogen) atoms. The minimum atomic E-state index is -0.444. The molecule has 4 rings (SSSR count). The minimum Gasteiger partial charge on any atom is -0.489 e. The van der Waals surface area contributed by atoms with Crippen LogP contribution in [-0.2, 0) is 4.74 Å². The number of nitrogens with two attached hydrogens (primary N) is 1. The lowest BCUT2D eigenvalue weighted by Crippen LogP contribution is -2.32. The van der Waals surface area contributed by atoms with Crippen LogP contribution in [0.25, 0.3) is 11.3 Å². The molecule has 1 amide bonds. The molecule has 3 heterocycles. The van der Waals surface area contributed by atoms with E-state index in [0.717, 1.165) is 56.1 Å². The number of rotatable bonds is 8. The molecule has 11 heteroatoms. The number of carbonyl (C=O) groups is 1. The molecule has 0 saturated carbocycles. The van der Waals surface area contributed by atoms with Crippen LogP contribution in [0.4, 0.5) is 17.2 Å². The lowest BCUT2D eigenvalue weighted by Gasteiger charge is -2.28. The van der Waals surface area contributed by atoms with Crippen molar-refractivity contribution in [1.29, 1.82) is 0 Å². The molecule has 0 radical (unpaired) electrons. The molecule has 1 fully saturated rings. The van der Waals surface area contributed by atoms with E-state index >= 15 is 0 Å². The maximum atomic E-state index is 13.2. The molecular weight excluding hydrogens is 457 g/mol. The number of hydrogen-bond acceptors (Lipinski definition) is 9. The van der Waals surface area contributed by atoms with Crippen molar-refractivity contribution in [1.82, 2.24) is 20.2 Å². The van der Waals surface area contributed by atoms with Gasteiger partial charge in [-0.3, -0.25) is 9.78 Å². The maximum absolute atomic E-state index is 13.2. The van der Waals surface area contributed by atoms with Gasteiger partial charge < -0.3 is 30.7 Å².